The molecule has 1 heteroatoms. The first kappa shape index (κ1) is 28.5. The summed E-state index contributed by atoms with van der Waals surface area (Å²) in [6.07, 6.45) is 4.05. The van der Waals surface area contributed by atoms with Crippen molar-refractivity contribution in [3.63, 3.8) is 0 Å². The van der Waals surface area contributed by atoms with Gasteiger partial charge >= 0.3 is 0 Å². The third-order valence-electron chi connectivity index (χ3n) is 12.4. The highest BCUT2D eigenvalue weighted by atomic mass is 14.6. The van der Waals surface area contributed by atoms with Crippen LogP contribution < -0.4 is 0 Å². The SMILES string of the molecule is c1ccc2c(-c3ccc4c5cccc6cccc(c7cccc3c74)c65)c3cnccc3c(-c3ccc4c5cccc6cccc(c7cccc3c74)c65)c2c1. The number of fused-ring (bicyclic) bond motifs is 6. The molecule has 1 aromatic heterocycles. The van der Waals surface area contributed by atoms with Gasteiger partial charge < -0.3 is 0 Å². The van der Waals surface area contributed by atoms with Crippen LogP contribution in [0.5, 0.6) is 0 Å². The molecule has 0 atom stereocenters. The van der Waals surface area contributed by atoms with Crippen molar-refractivity contribution in [2.75, 3.05) is 0 Å². The van der Waals surface area contributed by atoms with Gasteiger partial charge in [-0.1, -0.05) is 158 Å². The fraction of sp³-hybridized carbons (Fsp3) is 0. The molecule has 0 spiro atoms. The predicted octanol–water partition coefficient (Wildman–Crippen LogP) is 14.8. The van der Waals surface area contributed by atoms with Gasteiger partial charge in [0.05, 0.1) is 0 Å². The van der Waals surface area contributed by atoms with E-state index < -0.39 is 0 Å². The second-order valence-corrected chi connectivity index (χ2v) is 14.9. The van der Waals surface area contributed by atoms with Crippen LogP contribution in [0, 0.1) is 0 Å². The van der Waals surface area contributed by atoms with E-state index in [1.54, 1.807) is 0 Å². The van der Waals surface area contributed by atoms with Crippen molar-refractivity contribution in [2.45, 2.75) is 0 Å². The van der Waals surface area contributed by atoms with Crippen molar-refractivity contribution in [2.24, 2.45) is 0 Å². The molecule has 0 radical (unpaired) electrons. The average molecular weight is 680 g/mol. The molecule has 0 amide bonds. The first-order valence-corrected chi connectivity index (χ1v) is 18.8. The van der Waals surface area contributed by atoms with Crippen LogP contribution in [0.2, 0.25) is 0 Å². The summed E-state index contributed by atoms with van der Waals surface area (Å²) >= 11 is 0. The Labute approximate surface area is 310 Å². The highest BCUT2D eigenvalue weighted by molar-refractivity contribution is 6.37. The molecule has 0 aliphatic rings. The van der Waals surface area contributed by atoms with Gasteiger partial charge in [0.25, 0.3) is 0 Å². The van der Waals surface area contributed by atoms with Crippen LogP contribution >= 0.6 is 0 Å². The lowest BCUT2D eigenvalue weighted by molar-refractivity contribution is 1.37. The maximum Gasteiger partial charge on any atom is 0.0353 e. The average Bonchev–Trinajstić information content (AvgIpc) is 3.23. The summed E-state index contributed by atoms with van der Waals surface area (Å²) in [5, 5.41) is 25.8. The second kappa shape index (κ2) is 10.3. The van der Waals surface area contributed by atoms with Crippen molar-refractivity contribution >= 4 is 108 Å². The van der Waals surface area contributed by atoms with Gasteiger partial charge in [0, 0.05) is 17.8 Å². The Bertz CT molecular complexity index is 3320. The van der Waals surface area contributed by atoms with E-state index in [-0.39, 0.29) is 0 Å². The van der Waals surface area contributed by atoms with E-state index in [0.29, 0.717) is 0 Å². The third kappa shape index (κ3) is 3.52. The number of hydrogen-bond acceptors (Lipinski definition) is 1. The molecule has 0 unspecified atom stereocenters. The number of rotatable bonds is 2. The van der Waals surface area contributed by atoms with E-state index in [4.69, 9.17) is 4.98 Å². The normalized spacial score (nSPS) is 12.4. The van der Waals surface area contributed by atoms with Crippen molar-refractivity contribution in [3.05, 3.63) is 176 Å². The van der Waals surface area contributed by atoms with E-state index >= 15 is 0 Å². The maximum atomic E-state index is 4.80. The summed E-state index contributed by atoms with van der Waals surface area (Å²) in [6.45, 7) is 0. The molecule has 1 nitrogen and oxygen atoms in total. The minimum atomic E-state index is 1.17. The van der Waals surface area contributed by atoms with Gasteiger partial charge in [-0.2, -0.15) is 0 Å². The van der Waals surface area contributed by atoms with Crippen molar-refractivity contribution in [3.8, 4) is 22.3 Å². The second-order valence-electron chi connectivity index (χ2n) is 14.9. The van der Waals surface area contributed by atoms with Crippen LogP contribution in [0.3, 0.4) is 0 Å². The molecule has 13 aromatic rings. The van der Waals surface area contributed by atoms with Gasteiger partial charge in [-0.05, 0) is 131 Å². The number of hydrogen-bond donors (Lipinski definition) is 0. The van der Waals surface area contributed by atoms with Crippen LogP contribution in [0.4, 0.5) is 0 Å². The quantitative estimate of drug-likeness (QED) is 0.131. The lowest BCUT2D eigenvalue weighted by Gasteiger charge is -2.21. The van der Waals surface area contributed by atoms with Crippen LogP contribution in [-0.4, -0.2) is 4.98 Å². The lowest BCUT2D eigenvalue weighted by Crippen LogP contribution is -1.94. The van der Waals surface area contributed by atoms with Crippen LogP contribution in [0.25, 0.3) is 130 Å². The molecule has 54 heavy (non-hydrogen) atoms. The molecule has 13 rings (SSSR count). The molecule has 0 aliphatic carbocycles. The first-order valence-electron chi connectivity index (χ1n) is 18.8. The van der Waals surface area contributed by atoms with Gasteiger partial charge in [-0.3, -0.25) is 4.98 Å². The number of nitrogens with zero attached hydrogens (tertiary/aromatic N) is 1. The Kier molecular flexibility index (Phi) is 5.42. The lowest BCUT2D eigenvalue weighted by atomic mass is 9.81. The molecule has 246 valence electrons. The summed E-state index contributed by atoms with van der Waals surface area (Å²) in [4.78, 5) is 4.80. The van der Waals surface area contributed by atoms with Crippen molar-refractivity contribution in [1.82, 2.24) is 4.98 Å². The van der Waals surface area contributed by atoms with Crippen LogP contribution in [-0.2, 0) is 0 Å². The standard InChI is InChI=1S/C53H29N/c1-2-14-37-36(13-1)52(44-25-23-42-34-17-5-11-30-9-3-15-32(48(30)34)38-19-7-21-40(44)50(38)42)46-27-28-54-29-47(46)53(37)45-26-24-43-35-18-6-12-31-10-4-16-33(49(31)35)39-20-8-22-41(45)51(39)43/h1-29H. The van der Waals surface area contributed by atoms with E-state index in [1.165, 1.54) is 130 Å². The number of aromatic nitrogens is 1. The molecular formula is C53H29N. The fourth-order valence-corrected chi connectivity index (χ4v) is 10.3. The predicted molar refractivity (Wildman–Crippen MR) is 233 cm³/mol. The molecule has 12 aromatic carbocycles. The Morgan fingerprint density at radius 2 is 0.593 bits per heavy atom. The van der Waals surface area contributed by atoms with Crippen molar-refractivity contribution < 1.29 is 0 Å². The summed E-state index contributed by atoms with van der Waals surface area (Å²) in [6, 6.07) is 61.3. The molecule has 0 saturated heterocycles. The molecule has 0 saturated carbocycles. The molecule has 0 bridgehead atoms. The van der Waals surface area contributed by atoms with Gasteiger partial charge in [0.1, 0.15) is 0 Å². The van der Waals surface area contributed by atoms with E-state index in [1.807, 2.05) is 6.20 Å². The Hall–Kier alpha value is -7.09. The molecule has 0 fully saturated rings. The van der Waals surface area contributed by atoms with Gasteiger partial charge in [0.15, 0.2) is 0 Å². The summed E-state index contributed by atoms with van der Waals surface area (Å²) < 4.78 is 0. The zero-order chi connectivity index (χ0) is 35.1. The Morgan fingerprint density at radius 1 is 0.241 bits per heavy atom. The first-order chi connectivity index (χ1) is 26.8. The summed E-state index contributed by atoms with van der Waals surface area (Å²) in [5.74, 6) is 0. The highest BCUT2D eigenvalue weighted by Crippen LogP contribution is 2.50. The monoisotopic (exact) mass is 679 g/mol. The van der Waals surface area contributed by atoms with E-state index in [2.05, 4.69) is 170 Å². The highest BCUT2D eigenvalue weighted by Gasteiger charge is 2.23. The Morgan fingerprint density at radius 3 is 1.07 bits per heavy atom. The van der Waals surface area contributed by atoms with Gasteiger partial charge in [-0.25, -0.2) is 0 Å². The number of benzene rings is 12. The molecular weight excluding hydrogens is 651 g/mol. The summed E-state index contributed by atoms with van der Waals surface area (Å²) in [7, 11) is 0. The summed E-state index contributed by atoms with van der Waals surface area (Å²) in [5.41, 5.74) is 4.99. The smallest absolute Gasteiger partial charge is 0.0353 e. The molecule has 0 aliphatic heterocycles. The zero-order valence-electron chi connectivity index (χ0n) is 29.2. The Balaban J connectivity index is 1.17. The van der Waals surface area contributed by atoms with Crippen LogP contribution in [0.1, 0.15) is 0 Å². The van der Waals surface area contributed by atoms with Crippen molar-refractivity contribution in [1.29, 1.82) is 0 Å². The van der Waals surface area contributed by atoms with Crippen LogP contribution in [0.15, 0.2) is 176 Å². The topological polar surface area (TPSA) is 12.9 Å². The largest absolute Gasteiger partial charge is 0.264 e. The van der Waals surface area contributed by atoms with E-state index in [9.17, 15) is 0 Å². The molecule has 1 heterocycles. The minimum absolute atomic E-state index is 1.17. The third-order valence-corrected chi connectivity index (χ3v) is 12.4. The van der Waals surface area contributed by atoms with Gasteiger partial charge in [0.2, 0.25) is 0 Å². The zero-order valence-corrected chi connectivity index (χ0v) is 29.2. The fourth-order valence-electron chi connectivity index (χ4n) is 10.3. The molecule has 0 N–H and O–H groups in total. The van der Waals surface area contributed by atoms with E-state index in [0.717, 1.165) is 0 Å². The minimum Gasteiger partial charge on any atom is -0.264 e. The number of pyridine rings is 1. The maximum absolute atomic E-state index is 4.80. The van der Waals surface area contributed by atoms with Gasteiger partial charge in [-0.15, -0.1) is 0 Å².